The van der Waals surface area contributed by atoms with Crippen molar-refractivity contribution < 1.29 is 26.7 Å². The van der Waals surface area contributed by atoms with Crippen molar-refractivity contribution in [2.75, 3.05) is 31.4 Å². The number of carbonyl (C=O) groups is 1. The number of esters is 1. The fourth-order valence-corrected chi connectivity index (χ4v) is 5.17. The van der Waals surface area contributed by atoms with Crippen LogP contribution in [-0.2, 0) is 31.7 Å². The lowest BCUT2D eigenvalue weighted by atomic mass is 10.0. The predicted octanol–water partition coefficient (Wildman–Crippen LogP) is 1.55. The van der Waals surface area contributed by atoms with Gasteiger partial charge in [0, 0.05) is 37.8 Å². The molecular formula is C17H21F2N3O4S. The van der Waals surface area contributed by atoms with Crippen LogP contribution in [0.2, 0.25) is 0 Å². The molecule has 7 nitrogen and oxygen atoms in total. The Bertz CT molecular complexity index is 936. The molecule has 4 rings (SSSR count). The van der Waals surface area contributed by atoms with Crippen molar-refractivity contribution in [1.29, 1.82) is 0 Å². The van der Waals surface area contributed by atoms with Crippen LogP contribution in [0.3, 0.4) is 0 Å². The predicted molar refractivity (Wildman–Crippen MR) is 91.3 cm³/mol. The Labute approximate surface area is 156 Å². The van der Waals surface area contributed by atoms with Crippen LogP contribution < -0.4 is 4.90 Å². The van der Waals surface area contributed by atoms with Gasteiger partial charge >= 0.3 is 5.97 Å². The van der Waals surface area contributed by atoms with E-state index in [-0.39, 0.29) is 29.6 Å². The third-order valence-electron chi connectivity index (χ3n) is 6.26. The first-order chi connectivity index (χ1) is 12.5. The smallest absolute Gasteiger partial charge is 0.305 e. The van der Waals surface area contributed by atoms with Crippen molar-refractivity contribution in [3.63, 3.8) is 0 Å². The van der Waals surface area contributed by atoms with E-state index in [4.69, 9.17) is 4.74 Å². The van der Waals surface area contributed by atoms with E-state index in [1.54, 1.807) is 0 Å². The molecule has 1 aromatic rings. The van der Waals surface area contributed by atoms with Crippen molar-refractivity contribution in [3.05, 3.63) is 11.3 Å². The van der Waals surface area contributed by atoms with Gasteiger partial charge in [0.25, 0.3) is 5.92 Å². The number of hydrogen-bond acceptors (Lipinski definition) is 7. The molecule has 27 heavy (non-hydrogen) atoms. The van der Waals surface area contributed by atoms with Gasteiger partial charge in [-0.15, -0.1) is 0 Å². The van der Waals surface area contributed by atoms with Crippen LogP contribution in [0.5, 0.6) is 0 Å². The van der Waals surface area contributed by atoms with Crippen molar-refractivity contribution in [2.24, 2.45) is 17.3 Å². The first-order valence-corrected chi connectivity index (χ1v) is 10.7. The van der Waals surface area contributed by atoms with Gasteiger partial charge in [0.05, 0.1) is 7.11 Å². The van der Waals surface area contributed by atoms with Crippen LogP contribution in [0, 0.1) is 17.3 Å². The number of rotatable bonds is 4. The standard InChI is InChI=1S/C17H21F2N3O4S/c1-16-8-22(7-11(16)10(16)6-12(23)26-2)14-9-4-5-17(18,19)13(9)20-15(21-14)27(3,24)25/h10-11H,4-8H2,1-3H3/t10-,11-,16?/m0/s1. The number of methoxy groups -OCH3 is 1. The highest BCUT2D eigenvalue weighted by Gasteiger charge is 2.66. The molecule has 1 aliphatic heterocycles. The fourth-order valence-electron chi connectivity index (χ4n) is 4.66. The minimum Gasteiger partial charge on any atom is -0.469 e. The summed E-state index contributed by atoms with van der Waals surface area (Å²) in [5, 5.41) is -0.560. The Balaban J connectivity index is 1.67. The second-order valence-corrected chi connectivity index (χ2v) is 9.92. The lowest BCUT2D eigenvalue weighted by molar-refractivity contribution is -0.141. The number of anilines is 1. The molecule has 0 aromatic carbocycles. The van der Waals surface area contributed by atoms with Crippen LogP contribution in [-0.4, -0.2) is 50.8 Å². The maximum atomic E-state index is 14.2. The zero-order chi connectivity index (χ0) is 19.8. The maximum Gasteiger partial charge on any atom is 0.305 e. The Morgan fingerprint density at radius 1 is 1.37 bits per heavy atom. The molecule has 10 heteroatoms. The highest BCUT2D eigenvalue weighted by molar-refractivity contribution is 7.90. The van der Waals surface area contributed by atoms with Crippen molar-refractivity contribution >= 4 is 21.6 Å². The summed E-state index contributed by atoms with van der Waals surface area (Å²) in [5.41, 5.74) is -0.259. The number of piperidine rings is 1. The molecule has 0 N–H and O–H groups in total. The molecule has 1 unspecified atom stereocenters. The van der Waals surface area contributed by atoms with E-state index in [0.29, 0.717) is 30.9 Å². The molecule has 1 saturated carbocycles. The number of carbonyl (C=O) groups excluding carboxylic acids is 1. The number of alkyl halides is 2. The number of sulfone groups is 1. The summed E-state index contributed by atoms with van der Waals surface area (Å²) < 4.78 is 57.0. The van der Waals surface area contributed by atoms with Gasteiger partial charge in [-0.3, -0.25) is 4.79 Å². The number of halogens is 2. The molecule has 1 saturated heterocycles. The lowest BCUT2D eigenvalue weighted by Gasteiger charge is -2.25. The Morgan fingerprint density at radius 2 is 2.07 bits per heavy atom. The molecule has 2 heterocycles. The molecule has 3 atom stereocenters. The average Bonchev–Trinajstić information content (AvgIpc) is 2.86. The molecule has 0 radical (unpaired) electrons. The fraction of sp³-hybridized carbons (Fsp3) is 0.706. The number of fused-ring (bicyclic) bond motifs is 2. The van der Waals surface area contributed by atoms with Crippen LogP contribution in [0.15, 0.2) is 5.16 Å². The Hall–Kier alpha value is -1.84. The van der Waals surface area contributed by atoms with Gasteiger partial charge in [-0.1, -0.05) is 6.92 Å². The summed E-state index contributed by atoms with van der Waals surface area (Å²) in [4.78, 5) is 21.3. The average molecular weight is 401 g/mol. The van der Waals surface area contributed by atoms with Crippen LogP contribution in [0.25, 0.3) is 0 Å². The van der Waals surface area contributed by atoms with Gasteiger partial charge in [-0.05, 0) is 23.7 Å². The molecule has 3 aliphatic rings. The van der Waals surface area contributed by atoms with Crippen molar-refractivity contribution in [1.82, 2.24) is 9.97 Å². The zero-order valence-electron chi connectivity index (χ0n) is 15.3. The summed E-state index contributed by atoms with van der Waals surface area (Å²) in [5.74, 6) is -2.70. The van der Waals surface area contributed by atoms with E-state index >= 15 is 0 Å². The zero-order valence-corrected chi connectivity index (χ0v) is 16.1. The topological polar surface area (TPSA) is 89.5 Å². The molecule has 2 fully saturated rings. The maximum absolute atomic E-state index is 14.2. The number of ether oxygens (including phenoxy) is 1. The molecule has 0 bridgehead atoms. The van der Waals surface area contributed by atoms with Gasteiger partial charge in [-0.25, -0.2) is 18.4 Å². The van der Waals surface area contributed by atoms with E-state index in [0.717, 1.165) is 6.26 Å². The van der Waals surface area contributed by atoms with E-state index < -0.39 is 33.0 Å². The van der Waals surface area contributed by atoms with E-state index in [9.17, 15) is 22.0 Å². The highest BCUT2D eigenvalue weighted by atomic mass is 32.2. The SMILES string of the molecule is COC(=O)C[C@H]1[C@@H]2CN(c3nc(S(C)(=O)=O)nc4c3CCC4(F)F)CC12C. The highest BCUT2D eigenvalue weighted by Crippen LogP contribution is 2.65. The third-order valence-corrected chi connectivity index (χ3v) is 7.11. The number of nitrogens with zero attached hydrogens (tertiary/aromatic N) is 3. The van der Waals surface area contributed by atoms with E-state index in [1.807, 2.05) is 4.90 Å². The second-order valence-electron chi connectivity index (χ2n) is 8.01. The minimum atomic E-state index is -3.82. The molecular weight excluding hydrogens is 380 g/mol. The van der Waals surface area contributed by atoms with Gasteiger partial charge in [0.2, 0.25) is 15.0 Å². The largest absolute Gasteiger partial charge is 0.469 e. The Morgan fingerprint density at radius 3 is 2.63 bits per heavy atom. The van der Waals surface area contributed by atoms with Crippen LogP contribution >= 0.6 is 0 Å². The quantitative estimate of drug-likeness (QED) is 0.559. The molecule has 1 aromatic heterocycles. The molecule has 148 valence electrons. The van der Waals surface area contributed by atoms with Crippen LogP contribution in [0.4, 0.5) is 14.6 Å². The summed E-state index contributed by atoms with van der Waals surface area (Å²) in [7, 11) is -2.46. The number of aromatic nitrogens is 2. The first-order valence-electron chi connectivity index (χ1n) is 8.78. The second kappa shape index (κ2) is 5.59. The monoisotopic (exact) mass is 401 g/mol. The minimum absolute atomic E-state index is 0.116. The first kappa shape index (κ1) is 18.5. The lowest BCUT2D eigenvalue weighted by Crippen LogP contribution is -2.30. The van der Waals surface area contributed by atoms with Gasteiger partial charge < -0.3 is 9.64 Å². The third kappa shape index (κ3) is 2.79. The molecule has 0 spiro atoms. The van der Waals surface area contributed by atoms with Gasteiger partial charge in [0.15, 0.2) is 0 Å². The van der Waals surface area contributed by atoms with Gasteiger partial charge in [-0.2, -0.15) is 8.78 Å². The normalized spacial score (nSPS) is 30.8. The summed E-state index contributed by atoms with van der Waals surface area (Å²) >= 11 is 0. The number of hydrogen-bond donors (Lipinski definition) is 0. The summed E-state index contributed by atoms with van der Waals surface area (Å²) in [6, 6.07) is 0. The van der Waals surface area contributed by atoms with Crippen molar-refractivity contribution in [3.8, 4) is 0 Å². The molecule has 2 aliphatic carbocycles. The summed E-state index contributed by atoms with van der Waals surface area (Å²) in [6.45, 7) is 3.15. The summed E-state index contributed by atoms with van der Waals surface area (Å²) in [6.07, 6.45) is 0.975. The molecule has 0 amide bonds. The van der Waals surface area contributed by atoms with Gasteiger partial charge in [0.1, 0.15) is 11.5 Å². The Kier molecular flexibility index (Phi) is 3.83. The van der Waals surface area contributed by atoms with E-state index in [2.05, 4.69) is 16.9 Å². The van der Waals surface area contributed by atoms with Crippen molar-refractivity contribution in [2.45, 2.75) is 37.3 Å². The van der Waals surface area contributed by atoms with Crippen LogP contribution in [0.1, 0.15) is 31.0 Å². The van der Waals surface area contributed by atoms with E-state index in [1.165, 1.54) is 7.11 Å².